The number of fused-ring (bicyclic) bond motifs is 6. The van der Waals surface area contributed by atoms with E-state index in [0.29, 0.717) is 0 Å². The molecule has 12 aromatic rings. The van der Waals surface area contributed by atoms with Crippen LogP contribution in [0.5, 0.6) is 0 Å². The SMILES string of the molecule is C[Si](C)(C)c1ccc(-c2ccc(N(c3ccc(-c4ccc5c(c4)[Si](c4ccccc4)(c4ccccc4)c4ccccc4-5)cc3)c3ccc(-c4ccc5c(c4)c4ccccc4n5-c4ccccc4)cc3)cc2)cc1. The zero-order valence-corrected chi connectivity index (χ0v) is 43.4. The zero-order valence-electron chi connectivity index (χ0n) is 41.4. The molecule has 73 heavy (non-hydrogen) atoms. The number of hydrogen-bond acceptors (Lipinski definition) is 1. The van der Waals surface area contributed by atoms with Gasteiger partial charge in [-0.2, -0.15) is 0 Å². The van der Waals surface area contributed by atoms with Crippen LogP contribution in [0.15, 0.2) is 273 Å². The lowest BCUT2D eigenvalue weighted by atomic mass is 9.99. The summed E-state index contributed by atoms with van der Waals surface area (Å²) >= 11 is 0. The first-order valence-corrected chi connectivity index (χ1v) is 31.0. The maximum absolute atomic E-state index is 2.62. The van der Waals surface area contributed by atoms with Crippen molar-refractivity contribution in [2.75, 3.05) is 4.90 Å². The summed E-state index contributed by atoms with van der Waals surface area (Å²) in [4.78, 5) is 2.39. The van der Waals surface area contributed by atoms with Gasteiger partial charge in [0.15, 0.2) is 8.07 Å². The van der Waals surface area contributed by atoms with Gasteiger partial charge in [-0.05, 0) is 132 Å². The van der Waals surface area contributed by atoms with Crippen molar-refractivity contribution in [1.82, 2.24) is 4.57 Å². The summed E-state index contributed by atoms with van der Waals surface area (Å²) in [7, 11) is -4.03. The Hall–Kier alpha value is -8.55. The Labute approximate surface area is 430 Å². The first kappa shape index (κ1) is 44.4. The first-order valence-electron chi connectivity index (χ1n) is 25.5. The summed E-state index contributed by atoms with van der Waals surface area (Å²) in [5, 5.41) is 9.71. The normalized spacial score (nSPS) is 12.7. The molecule has 0 radical (unpaired) electrons. The van der Waals surface area contributed by atoms with Crippen LogP contribution in [0.4, 0.5) is 17.1 Å². The average Bonchev–Trinajstić information content (AvgIpc) is 3.94. The second-order valence-corrected chi connectivity index (χ2v) is 29.3. The van der Waals surface area contributed by atoms with Gasteiger partial charge in [0.05, 0.1) is 19.1 Å². The standard InChI is InChI=1S/C69H54N2Si2/c1-72(2,3)59-43-33-50(34-44-59)49-27-37-56(38-28-49)70(57-39-29-51(30-40-57)53-36-46-67-65(47-53)62-23-13-15-25-66(62)71(67)55-17-7-4-8-18-55)58-41-31-52(32-42-58)54-35-45-64-63-24-14-16-26-68(63)73(69(64)48-54,60-19-9-5-10-20-60)61-21-11-6-12-22-61/h4-48H,1-3H3. The van der Waals surface area contributed by atoms with Gasteiger partial charge in [0.2, 0.25) is 0 Å². The third kappa shape index (κ3) is 7.61. The van der Waals surface area contributed by atoms with Crippen LogP contribution in [-0.2, 0) is 0 Å². The van der Waals surface area contributed by atoms with Crippen LogP contribution in [0.1, 0.15) is 0 Å². The van der Waals surface area contributed by atoms with Crippen molar-refractivity contribution in [2.24, 2.45) is 0 Å². The molecule has 0 fully saturated rings. The topological polar surface area (TPSA) is 8.17 Å². The Balaban J connectivity index is 0.889. The van der Waals surface area contributed by atoms with Crippen LogP contribution in [-0.4, -0.2) is 20.7 Å². The van der Waals surface area contributed by atoms with E-state index in [2.05, 4.69) is 302 Å². The van der Waals surface area contributed by atoms with Crippen molar-refractivity contribution in [1.29, 1.82) is 0 Å². The van der Waals surface area contributed by atoms with Gasteiger partial charge in [0, 0.05) is 33.5 Å². The highest BCUT2D eigenvalue weighted by atomic mass is 28.3. The molecule has 0 unspecified atom stereocenters. The average molecular weight is 967 g/mol. The molecular weight excluding hydrogens is 913 g/mol. The predicted octanol–water partition coefficient (Wildman–Crippen LogP) is 15.2. The van der Waals surface area contributed by atoms with E-state index >= 15 is 0 Å². The van der Waals surface area contributed by atoms with E-state index in [1.54, 1.807) is 0 Å². The molecule has 0 bridgehead atoms. The third-order valence-electron chi connectivity index (χ3n) is 15.3. The van der Waals surface area contributed by atoms with Gasteiger partial charge in [0.1, 0.15) is 0 Å². The minimum absolute atomic E-state index is 1.10. The maximum Gasteiger partial charge on any atom is 0.180 e. The van der Waals surface area contributed by atoms with E-state index in [1.807, 2.05) is 0 Å². The largest absolute Gasteiger partial charge is 0.311 e. The van der Waals surface area contributed by atoms with E-state index in [9.17, 15) is 0 Å². The molecule has 13 rings (SSSR count). The molecule has 0 spiro atoms. The molecule has 1 aliphatic heterocycles. The Morgan fingerprint density at radius 3 is 1.33 bits per heavy atom. The van der Waals surface area contributed by atoms with Gasteiger partial charge >= 0.3 is 0 Å². The smallest absolute Gasteiger partial charge is 0.180 e. The predicted molar refractivity (Wildman–Crippen MR) is 317 cm³/mol. The highest BCUT2D eigenvalue weighted by Gasteiger charge is 2.48. The summed E-state index contributed by atoms with van der Waals surface area (Å²) in [6.45, 7) is 7.22. The summed E-state index contributed by atoms with van der Waals surface area (Å²) in [5.74, 6) is 0. The van der Waals surface area contributed by atoms with Gasteiger partial charge in [-0.1, -0.05) is 231 Å². The Morgan fingerprint density at radius 1 is 0.329 bits per heavy atom. The molecule has 1 aromatic heterocycles. The van der Waals surface area contributed by atoms with Crippen molar-refractivity contribution < 1.29 is 0 Å². The molecular formula is C69H54N2Si2. The highest BCUT2D eigenvalue weighted by Crippen LogP contribution is 2.40. The number of para-hydroxylation sites is 2. The van der Waals surface area contributed by atoms with Crippen molar-refractivity contribution >= 4 is 80.9 Å². The molecule has 0 saturated heterocycles. The summed E-state index contributed by atoms with van der Waals surface area (Å²) in [5.41, 5.74) is 16.8. The first-order chi connectivity index (χ1) is 35.8. The fourth-order valence-electron chi connectivity index (χ4n) is 11.7. The minimum atomic E-state index is -2.62. The molecule has 2 heterocycles. The number of rotatable bonds is 10. The van der Waals surface area contributed by atoms with E-state index in [-0.39, 0.29) is 0 Å². The summed E-state index contributed by atoms with van der Waals surface area (Å²) in [6.07, 6.45) is 0. The van der Waals surface area contributed by atoms with Crippen molar-refractivity contribution in [3.8, 4) is 50.2 Å². The molecule has 11 aromatic carbocycles. The molecule has 4 heteroatoms. The van der Waals surface area contributed by atoms with Crippen molar-refractivity contribution in [3.63, 3.8) is 0 Å². The molecule has 1 aliphatic rings. The van der Waals surface area contributed by atoms with Crippen molar-refractivity contribution in [2.45, 2.75) is 19.6 Å². The highest BCUT2D eigenvalue weighted by molar-refractivity contribution is 7.22. The van der Waals surface area contributed by atoms with E-state index in [0.717, 1.165) is 17.1 Å². The van der Waals surface area contributed by atoms with E-state index in [4.69, 9.17) is 0 Å². The molecule has 0 amide bonds. The van der Waals surface area contributed by atoms with Crippen LogP contribution in [0.25, 0.3) is 72.0 Å². The Bertz CT molecular complexity index is 3910. The number of benzene rings is 11. The van der Waals surface area contributed by atoms with Crippen LogP contribution >= 0.6 is 0 Å². The number of nitrogens with zero attached hydrogens (tertiary/aromatic N) is 2. The molecule has 0 saturated carbocycles. The second-order valence-electron chi connectivity index (χ2n) is 20.5. The molecule has 0 N–H and O–H groups in total. The van der Waals surface area contributed by atoms with Crippen LogP contribution in [0, 0.1) is 0 Å². The fourth-order valence-corrected chi connectivity index (χ4v) is 18.0. The minimum Gasteiger partial charge on any atom is -0.311 e. The van der Waals surface area contributed by atoms with E-state index < -0.39 is 16.1 Å². The van der Waals surface area contributed by atoms with Gasteiger partial charge in [-0.3, -0.25) is 0 Å². The molecule has 0 aliphatic carbocycles. The van der Waals surface area contributed by atoms with Crippen LogP contribution < -0.4 is 30.8 Å². The number of hydrogen-bond donors (Lipinski definition) is 0. The zero-order chi connectivity index (χ0) is 49.1. The number of aromatic nitrogens is 1. The third-order valence-corrected chi connectivity index (χ3v) is 22.2. The quantitative estimate of drug-likeness (QED) is 0.124. The summed E-state index contributed by atoms with van der Waals surface area (Å²) in [6, 6.07) is 102. The van der Waals surface area contributed by atoms with Gasteiger partial charge in [0.25, 0.3) is 0 Å². The van der Waals surface area contributed by atoms with Gasteiger partial charge in [-0.25, -0.2) is 0 Å². The van der Waals surface area contributed by atoms with Gasteiger partial charge < -0.3 is 9.47 Å². The lowest BCUT2D eigenvalue weighted by Gasteiger charge is -2.31. The molecule has 0 atom stereocenters. The molecule has 2 nitrogen and oxygen atoms in total. The van der Waals surface area contributed by atoms with Crippen LogP contribution in [0.2, 0.25) is 19.6 Å². The summed E-state index contributed by atoms with van der Waals surface area (Å²) < 4.78 is 2.38. The maximum atomic E-state index is 2.51. The molecule has 348 valence electrons. The van der Waals surface area contributed by atoms with Gasteiger partial charge in [-0.15, -0.1) is 0 Å². The lowest BCUT2D eigenvalue weighted by Crippen LogP contribution is -2.72. The van der Waals surface area contributed by atoms with Crippen molar-refractivity contribution in [3.05, 3.63) is 273 Å². The monoisotopic (exact) mass is 966 g/mol. The van der Waals surface area contributed by atoms with E-state index in [1.165, 1.54) is 97.9 Å². The fraction of sp³-hybridized carbons (Fsp3) is 0.0435. The number of anilines is 3. The second kappa shape index (κ2) is 17.9. The van der Waals surface area contributed by atoms with Crippen LogP contribution in [0.3, 0.4) is 0 Å². The lowest BCUT2D eigenvalue weighted by molar-refractivity contribution is 1.18. The Morgan fingerprint density at radius 2 is 0.753 bits per heavy atom. The Kier molecular flexibility index (Phi) is 10.9.